The van der Waals surface area contributed by atoms with Crippen LogP contribution >= 0.6 is 0 Å². The molecule has 0 saturated heterocycles. The SMILES string of the molecule is CCCC(C)Oc1ccc(C(=N)N)cn1. The van der Waals surface area contributed by atoms with Crippen LogP contribution in [0.15, 0.2) is 18.3 Å². The lowest BCUT2D eigenvalue weighted by molar-refractivity contribution is 0.201. The van der Waals surface area contributed by atoms with Crippen LogP contribution in [0.1, 0.15) is 32.3 Å². The summed E-state index contributed by atoms with van der Waals surface area (Å²) in [6.45, 7) is 4.14. The molecule has 3 N–H and O–H groups in total. The summed E-state index contributed by atoms with van der Waals surface area (Å²) >= 11 is 0. The highest BCUT2D eigenvalue weighted by atomic mass is 16.5. The van der Waals surface area contributed by atoms with Crippen LogP contribution in [0, 0.1) is 5.41 Å². The summed E-state index contributed by atoms with van der Waals surface area (Å²) in [6, 6.07) is 3.48. The molecule has 0 saturated carbocycles. The molecule has 1 unspecified atom stereocenters. The van der Waals surface area contributed by atoms with Crippen LogP contribution in [0.25, 0.3) is 0 Å². The fourth-order valence-corrected chi connectivity index (χ4v) is 1.28. The molecule has 0 aliphatic heterocycles. The van der Waals surface area contributed by atoms with E-state index >= 15 is 0 Å². The van der Waals surface area contributed by atoms with Crippen LogP contribution in [-0.2, 0) is 0 Å². The van der Waals surface area contributed by atoms with Crippen LogP contribution in [0.2, 0.25) is 0 Å². The number of hydrogen-bond acceptors (Lipinski definition) is 3. The van der Waals surface area contributed by atoms with E-state index in [4.69, 9.17) is 15.9 Å². The van der Waals surface area contributed by atoms with Gasteiger partial charge < -0.3 is 10.5 Å². The zero-order valence-electron chi connectivity index (χ0n) is 9.16. The molecule has 4 heteroatoms. The average Bonchev–Trinajstić information content (AvgIpc) is 2.18. The normalized spacial score (nSPS) is 12.1. The van der Waals surface area contributed by atoms with Gasteiger partial charge in [-0.15, -0.1) is 0 Å². The molecule has 1 aromatic rings. The molecule has 1 atom stereocenters. The topological polar surface area (TPSA) is 72.0 Å². The first-order chi connectivity index (χ1) is 7.13. The summed E-state index contributed by atoms with van der Waals surface area (Å²) < 4.78 is 5.57. The number of nitrogens with two attached hydrogens (primary N) is 1. The predicted molar refractivity (Wildman–Crippen MR) is 60.3 cm³/mol. The summed E-state index contributed by atoms with van der Waals surface area (Å²) in [5.74, 6) is 0.608. The third kappa shape index (κ3) is 3.58. The van der Waals surface area contributed by atoms with E-state index < -0.39 is 0 Å². The Morgan fingerprint density at radius 1 is 1.60 bits per heavy atom. The van der Waals surface area contributed by atoms with Crippen molar-refractivity contribution in [1.82, 2.24) is 4.98 Å². The van der Waals surface area contributed by atoms with E-state index in [-0.39, 0.29) is 11.9 Å². The summed E-state index contributed by atoms with van der Waals surface area (Å²) in [5.41, 5.74) is 5.93. The van der Waals surface area contributed by atoms with Gasteiger partial charge in [-0.1, -0.05) is 13.3 Å². The molecule has 82 valence electrons. The zero-order chi connectivity index (χ0) is 11.3. The molecular weight excluding hydrogens is 190 g/mol. The molecule has 15 heavy (non-hydrogen) atoms. The molecule has 0 aliphatic rings. The minimum absolute atomic E-state index is 0.0238. The first-order valence-corrected chi connectivity index (χ1v) is 5.10. The molecule has 1 rings (SSSR count). The molecule has 0 radical (unpaired) electrons. The van der Waals surface area contributed by atoms with Crippen LogP contribution < -0.4 is 10.5 Å². The Kier molecular flexibility index (Phi) is 4.09. The minimum atomic E-state index is 0.0238. The first-order valence-electron chi connectivity index (χ1n) is 5.10. The second kappa shape index (κ2) is 5.34. The van der Waals surface area contributed by atoms with Crippen molar-refractivity contribution in [3.05, 3.63) is 23.9 Å². The Balaban J connectivity index is 2.60. The van der Waals surface area contributed by atoms with Crippen molar-refractivity contribution >= 4 is 5.84 Å². The Morgan fingerprint density at radius 3 is 2.80 bits per heavy atom. The van der Waals surface area contributed by atoms with Crippen LogP contribution in [0.5, 0.6) is 5.88 Å². The monoisotopic (exact) mass is 207 g/mol. The molecule has 1 heterocycles. The maximum Gasteiger partial charge on any atom is 0.213 e. The summed E-state index contributed by atoms with van der Waals surface area (Å²) in [7, 11) is 0. The van der Waals surface area contributed by atoms with Gasteiger partial charge in [0, 0.05) is 17.8 Å². The largest absolute Gasteiger partial charge is 0.475 e. The molecule has 0 aliphatic carbocycles. The Bertz CT molecular complexity index is 321. The van der Waals surface area contributed by atoms with Crippen molar-refractivity contribution in [3.63, 3.8) is 0 Å². The highest BCUT2D eigenvalue weighted by Gasteiger charge is 2.04. The Labute approximate surface area is 90.0 Å². The summed E-state index contributed by atoms with van der Waals surface area (Å²) in [5, 5.41) is 7.21. The quantitative estimate of drug-likeness (QED) is 0.572. The first kappa shape index (κ1) is 11.5. The smallest absolute Gasteiger partial charge is 0.213 e. The van der Waals surface area contributed by atoms with E-state index in [1.165, 1.54) is 0 Å². The molecule has 0 amide bonds. The van der Waals surface area contributed by atoms with Crippen molar-refractivity contribution in [2.75, 3.05) is 0 Å². The lowest BCUT2D eigenvalue weighted by Gasteiger charge is -2.12. The Hall–Kier alpha value is -1.58. The van der Waals surface area contributed by atoms with E-state index in [1.54, 1.807) is 18.3 Å². The van der Waals surface area contributed by atoms with Crippen LogP contribution in [-0.4, -0.2) is 16.9 Å². The van der Waals surface area contributed by atoms with Crippen molar-refractivity contribution in [2.45, 2.75) is 32.8 Å². The number of nitrogens with zero attached hydrogens (tertiary/aromatic N) is 1. The number of nitrogen functional groups attached to an aromatic ring is 1. The van der Waals surface area contributed by atoms with Crippen LogP contribution in [0.4, 0.5) is 0 Å². The minimum Gasteiger partial charge on any atom is -0.475 e. The van der Waals surface area contributed by atoms with Crippen molar-refractivity contribution in [1.29, 1.82) is 5.41 Å². The van der Waals surface area contributed by atoms with Gasteiger partial charge in [0.2, 0.25) is 5.88 Å². The van der Waals surface area contributed by atoms with Crippen LogP contribution in [0.3, 0.4) is 0 Å². The Morgan fingerprint density at radius 2 is 2.33 bits per heavy atom. The number of hydrogen-bond donors (Lipinski definition) is 2. The van der Waals surface area contributed by atoms with Crippen molar-refractivity contribution in [2.24, 2.45) is 5.73 Å². The number of nitrogens with one attached hydrogen (secondary N) is 1. The standard InChI is InChI=1S/C11H17N3O/c1-3-4-8(2)15-10-6-5-9(7-14-10)11(12)13/h5-8H,3-4H2,1-2H3,(H3,12,13). The van der Waals surface area contributed by atoms with Gasteiger partial charge in [-0.25, -0.2) is 4.98 Å². The van der Waals surface area contributed by atoms with E-state index in [0.29, 0.717) is 11.4 Å². The number of rotatable bonds is 5. The highest BCUT2D eigenvalue weighted by Crippen LogP contribution is 2.11. The van der Waals surface area contributed by atoms with Gasteiger partial charge in [0.1, 0.15) is 5.84 Å². The molecule has 0 fully saturated rings. The van der Waals surface area contributed by atoms with Gasteiger partial charge in [-0.3, -0.25) is 5.41 Å². The second-order valence-corrected chi connectivity index (χ2v) is 3.52. The maximum absolute atomic E-state index is 7.21. The summed E-state index contributed by atoms with van der Waals surface area (Å²) in [4.78, 5) is 4.08. The molecule has 0 aromatic carbocycles. The van der Waals surface area contributed by atoms with E-state index in [9.17, 15) is 0 Å². The van der Waals surface area contributed by atoms with Crippen molar-refractivity contribution < 1.29 is 4.74 Å². The van der Waals surface area contributed by atoms with E-state index in [2.05, 4.69) is 11.9 Å². The predicted octanol–water partition coefficient (Wildman–Crippen LogP) is 1.93. The number of aromatic nitrogens is 1. The molecule has 1 aromatic heterocycles. The lowest BCUT2D eigenvalue weighted by Crippen LogP contribution is -2.14. The number of pyridine rings is 1. The second-order valence-electron chi connectivity index (χ2n) is 3.52. The molecule has 4 nitrogen and oxygen atoms in total. The summed E-state index contributed by atoms with van der Waals surface area (Å²) in [6.07, 6.45) is 3.82. The molecular formula is C11H17N3O. The fraction of sp³-hybridized carbons (Fsp3) is 0.455. The average molecular weight is 207 g/mol. The maximum atomic E-state index is 7.21. The lowest BCUT2D eigenvalue weighted by atomic mass is 10.2. The zero-order valence-corrected chi connectivity index (χ0v) is 9.16. The molecule has 0 bridgehead atoms. The van der Waals surface area contributed by atoms with Gasteiger partial charge in [0.25, 0.3) is 0 Å². The van der Waals surface area contributed by atoms with E-state index in [1.807, 2.05) is 6.92 Å². The van der Waals surface area contributed by atoms with Gasteiger partial charge >= 0.3 is 0 Å². The van der Waals surface area contributed by atoms with Gasteiger partial charge in [0.05, 0.1) is 6.10 Å². The third-order valence-corrected chi connectivity index (χ3v) is 2.06. The van der Waals surface area contributed by atoms with Gasteiger partial charge in [-0.2, -0.15) is 0 Å². The van der Waals surface area contributed by atoms with E-state index in [0.717, 1.165) is 12.8 Å². The number of amidine groups is 1. The molecule has 0 spiro atoms. The van der Waals surface area contributed by atoms with Gasteiger partial charge in [-0.05, 0) is 19.4 Å². The van der Waals surface area contributed by atoms with Crippen molar-refractivity contribution in [3.8, 4) is 5.88 Å². The van der Waals surface area contributed by atoms with Gasteiger partial charge in [0.15, 0.2) is 0 Å². The highest BCUT2D eigenvalue weighted by molar-refractivity contribution is 5.94. The number of ether oxygens (including phenoxy) is 1. The third-order valence-electron chi connectivity index (χ3n) is 2.06. The fourth-order valence-electron chi connectivity index (χ4n) is 1.28.